The van der Waals surface area contributed by atoms with Crippen LogP contribution in [0.5, 0.6) is 5.75 Å². The van der Waals surface area contributed by atoms with Crippen LogP contribution in [0.4, 0.5) is 13.2 Å². The molecule has 0 spiro atoms. The second-order valence-corrected chi connectivity index (χ2v) is 7.49. The highest BCUT2D eigenvalue weighted by molar-refractivity contribution is 5.94. The summed E-state index contributed by atoms with van der Waals surface area (Å²) < 4.78 is 31.7. The second-order valence-electron chi connectivity index (χ2n) is 7.49. The number of aliphatic carboxylic acids is 1. The van der Waals surface area contributed by atoms with Crippen molar-refractivity contribution in [1.29, 1.82) is 0 Å². The Morgan fingerprint density at radius 3 is 2.24 bits per heavy atom. The van der Waals surface area contributed by atoms with Crippen molar-refractivity contribution >= 4 is 11.9 Å². The van der Waals surface area contributed by atoms with Crippen molar-refractivity contribution in [3.63, 3.8) is 0 Å². The molecule has 1 aliphatic heterocycles. The summed E-state index contributed by atoms with van der Waals surface area (Å²) in [6.45, 7) is 3.40. The summed E-state index contributed by atoms with van der Waals surface area (Å²) in [4.78, 5) is 23.5. The van der Waals surface area contributed by atoms with E-state index in [0.717, 1.165) is 29.8 Å². The predicted molar refractivity (Wildman–Crippen MR) is 114 cm³/mol. The van der Waals surface area contributed by atoms with E-state index in [1.54, 1.807) is 24.3 Å². The van der Waals surface area contributed by atoms with Crippen LogP contribution in [0.15, 0.2) is 48.5 Å². The van der Waals surface area contributed by atoms with Gasteiger partial charge in [-0.25, -0.2) is 4.79 Å². The Bertz CT molecular complexity index is 1140. The normalized spacial score (nSPS) is 13.4. The minimum atomic E-state index is -5.08. The van der Waals surface area contributed by atoms with Crippen LogP contribution < -0.4 is 0 Å². The Morgan fingerprint density at radius 1 is 1.03 bits per heavy atom. The van der Waals surface area contributed by atoms with E-state index >= 15 is 0 Å². The number of amides is 1. The fourth-order valence-electron chi connectivity index (χ4n) is 3.53. The lowest BCUT2D eigenvalue weighted by atomic mass is 9.99. The minimum absolute atomic E-state index is 0.000513. The lowest BCUT2D eigenvalue weighted by Crippen LogP contribution is -2.33. The quantitative estimate of drug-likeness (QED) is 0.536. The van der Waals surface area contributed by atoms with E-state index in [-0.39, 0.29) is 11.7 Å². The number of H-pyrrole nitrogens is 1. The number of hydrogen-bond donors (Lipinski definition) is 3. The van der Waals surface area contributed by atoms with Crippen molar-refractivity contribution < 1.29 is 33.0 Å². The van der Waals surface area contributed by atoms with Crippen molar-refractivity contribution in [2.75, 3.05) is 13.1 Å². The van der Waals surface area contributed by atoms with Crippen molar-refractivity contribution in [1.82, 2.24) is 15.1 Å². The summed E-state index contributed by atoms with van der Waals surface area (Å²) >= 11 is 0. The highest BCUT2D eigenvalue weighted by atomic mass is 19.4. The van der Waals surface area contributed by atoms with Gasteiger partial charge in [-0.1, -0.05) is 24.3 Å². The summed E-state index contributed by atoms with van der Waals surface area (Å²) in [5.74, 6) is -2.59. The van der Waals surface area contributed by atoms with E-state index in [1.807, 2.05) is 17.0 Å². The van der Waals surface area contributed by atoms with Crippen LogP contribution >= 0.6 is 0 Å². The van der Waals surface area contributed by atoms with Crippen molar-refractivity contribution in [2.45, 2.75) is 25.9 Å². The van der Waals surface area contributed by atoms with Crippen LogP contribution in [0.25, 0.3) is 11.3 Å². The average molecular weight is 461 g/mol. The van der Waals surface area contributed by atoms with E-state index in [2.05, 4.69) is 29.3 Å². The Balaban J connectivity index is 0.000000383. The maximum absolute atomic E-state index is 12.8. The topological polar surface area (TPSA) is 107 Å². The van der Waals surface area contributed by atoms with E-state index in [4.69, 9.17) is 9.90 Å². The van der Waals surface area contributed by atoms with Gasteiger partial charge in [0.15, 0.2) is 0 Å². The molecule has 7 nitrogen and oxygen atoms in total. The van der Waals surface area contributed by atoms with Crippen LogP contribution in [-0.4, -0.2) is 56.5 Å². The molecular weight excluding hydrogens is 439 g/mol. The second kappa shape index (κ2) is 9.76. The summed E-state index contributed by atoms with van der Waals surface area (Å²) in [5.41, 5.74) is 6.26. The molecule has 3 N–H and O–H groups in total. The zero-order valence-electron chi connectivity index (χ0n) is 17.7. The third kappa shape index (κ3) is 5.71. The number of phenols is 1. The van der Waals surface area contributed by atoms with Crippen molar-refractivity contribution in [3.8, 4) is 17.0 Å². The highest BCUT2D eigenvalue weighted by Gasteiger charge is 2.38. The number of benzene rings is 2. The molecule has 10 heteroatoms. The van der Waals surface area contributed by atoms with Gasteiger partial charge in [-0.3, -0.25) is 9.89 Å². The first kappa shape index (κ1) is 23.8. The number of nitrogens with zero attached hydrogens (tertiary/aromatic N) is 2. The molecule has 0 aliphatic carbocycles. The summed E-state index contributed by atoms with van der Waals surface area (Å²) in [7, 11) is 0. The first-order valence-corrected chi connectivity index (χ1v) is 10.1. The number of carboxylic acid groups (broad SMARTS) is 1. The monoisotopic (exact) mass is 461 g/mol. The number of carbonyl (C=O) groups is 2. The number of nitrogens with one attached hydrogen (secondary N) is 1. The van der Waals surface area contributed by atoms with Crippen molar-refractivity contribution in [2.24, 2.45) is 0 Å². The number of fused-ring (bicyclic) bond motifs is 1. The predicted octanol–water partition coefficient (Wildman–Crippen LogP) is 3.97. The average Bonchev–Trinajstić information content (AvgIpc) is 3.04. The van der Waals surface area contributed by atoms with Crippen molar-refractivity contribution in [3.05, 3.63) is 70.9 Å². The van der Waals surface area contributed by atoms with Gasteiger partial charge in [0.25, 0.3) is 5.91 Å². The number of carbonyl (C=O) groups excluding carboxylic acids is 1. The zero-order valence-corrected chi connectivity index (χ0v) is 17.7. The number of hydrogen-bond acceptors (Lipinski definition) is 4. The van der Waals surface area contributed by atoms with Crippen LogP contribution in [0.3, 0.4) is 0 Å². The molecule has 0 atom stereocenters. The number of alkyl halides is 3. The molecule has 2 aromatic carbocycles. The number of halogens is 3. The van der Waals surface area contributed by atoms with E-state index in [0.29, 0.717) is 18.7 Å². The van der Waals surface area contributed by atoms with Crippen LogP contribution in [-0.2, 0) is 17.6 Å². The van der Waals surface area contributed by atoms with Gasteiger partial charge in [0, 0.05) is 41.9 Å². The SMILES string of the molecule is Cc1ccccc1-c1n[nH]c2c1CCN(C(=O)c1ccc(O)cc1)CC2.O=C(O)C(F)(F)F. The Hall–Kier alpha value is -3.82. The van der Waals surface area contributed by atoms with Gasteiger partial charge in [-0.15, -0.1) is 0 Å². The third-order valence-corrected chi connectivity index (χ3v) is 5.26. The van der Waals surface area contributed by atoms with E-state index < -0.39 is 12.1 Å². The number of aromatic nitrogens is 2. The molecule has 1 aromatic heterocycles. The molecule has 2 heterocycles. The van der Waals surface area contributed by atoms with Gasteiger partial charge in [0.2, 0.25) is 0 Å². The van der Waals surface area contributed by atoms with E-state index in [9.17, 15) is 23.1 Å². The summed E-state index contributed by atoms with van der Waals surface area (Å²) in [5, 5.41) is 24.3. The molecule has 0 bridgehead atoms. The molecule has 0 radical (unpaired) electrons. The number of aromatic hydroxyl groups is 1. The maximum Gasteiger partial charge on any atom is 0.490 e. The van der Waals surface area contributed by atoms with Crippen LogP contribution in [0.2, 0.25) is 0 Å². The summed E-state index contributed by atoms with van der Waals surface area (Å²) in [6.07, 6.45) is -3.54. The standard InChI is InChI=1S/C21H21N3O2.C2HF3O2/c1-14-4-2-3-5-17(14)20-18-10-12-24(13-11-19(18)22-23-20)21(26)15-6-8-16(25)9-7-15;3-2(4,5)1(6)7/h2-9,25H,10-13H2,1H3,(H,22,23);(H,6,7). The number of phenolic OH excluding ortho intramolecular Hbond substituents is 1. The first-order chi connectivity index (χ1) is 15.6. The Kier molecular flexibility index (Phi) is 7.05. The third-order valence-electron chi connectivity index (χ3n) is 5.26. The molecule has 174 valence electrons. The van der Waals surface area contributed by atoms with Gasteiger partial charge >= 0.3 is 12.1 Å². The molecule has 4 rings (SSSR count). The number of rotatable bonds is 2. The molecule has 1 amide bonds. The first-order valence-electron chi connectivity index (χ1n) is 10.1. The minimum Gasteiger partial charge on any atom is -0.508 e. The van der Waals surface area contributed by atoms with Gasteiger partial charge < -0.3 is 15.1 Å². The number of aromatic amines is 1. The van der Waals surface area contributed by atoms with Gasteiger partial charge in [-0.05, 0) is 43.2 Å². The zero-order chi connectivity index (χ0) is 24.2. The maximum atomic E-state index is 12.8. The Morgan fingerprint density at radius 2 is 1.64 bits per heavy atom. The lowest BCUT2D eigenvalue weighted by Gasteiger charge is -2.20. The molecule has 1 aliphatic rings. The largest absolute Gasteiger partial charge is 0.508 e. The molecule has 0 fully saturated rings. The van der Waals surface area contributed by atoms with E-state index in [1.165, 1.54) is 11.1 Å². The Labute approximate surface area is 187 Å². The smallest absolute Gasteiger partial charge is 0.490 e. The van der Waals surface area contributed by atoms with Crippen LogP contribution in [0.1, 0.15) is 27.2 Å². The lowest BCUT2D eigenvalue weighted by molar-refractivity contribution is -0.192. The molecule has 0 saturated heterocycles. The molecule has 3 aromatic rings. The van der Waals surface area contributed by atoms with Crippen LogP contribution in [0, 0.1) is 6.92 Å². The van der Waals surface area contributed by atoms with Gasteiger partial charge in [0.1, 0.15) is 5.75 Å². The number of carboxylic acids is 1. The fraction of sp³-hybridized carbons (Fsp3) is 0.261. The fourth-order valence-corrected chi connectivity index (χ4v) is 3.53. The van der Waals surface area contributed by atoms with Gasteiger partial charge in [0.05, 0.1) is 5.69 Å². The number of aryl methyl sites for hydroxylation is 1. The van der Waals surface area contributed by atoms with Gasteiger partial charge in [-0.2, -0.15) is 18.3 Å². The molecule has 0 saturated carbocycles. The molecular formula is C23H22F3N3O4. The summed E-state index contributed by atoms with van der Waals surface area (Å²) in [6, 6.07) is 14.7. The molecule has 33 heavy (non-hydrogen) atoms. The molecule has 0 unspecified atom stereocenters. The highest BCUT2D eigenvalue weighted by Crippen LogP contribution is 2.29.